The lowest BCUT2D eigenvalue weighted by Crippen LogP contribution is -2.49. The Bertz CT molecular complexity index is 775. The molecule has 2 amide bonds. The molecule has 0 heterocycles. The summed E-state index contributed by atoms with van der Waals surface area (Å²) < 4.78 is 31.4. The highest BCUT2D eigenvalue weighted by Crippen LogP contribution is 2.24. The summed E-state index contributed by atoms with van der Waals surface area (Å²) >= 11 is 0. The molecule has 2 aliphatic carbocycles. The van der Waals surface area contributed by atoms with Crippen molar-refractivity contribution >= 4 is 18.0 Å². The van der Waals surface area contributed by atoms with Crippen molar-refractivity contribution in [1.82, 2.24) is 16.0 Å². The first-order valence-electron chi connectivity index (χ1n) is 9.98. The van der Waals surface area contributed by atoms with Gasteiger partial charge in [0.15, 0.2) is 17.6 Å². The van der Waals surface area contributed by atoms with E-state index in [1.807, 2.05) is 0 Å². The monoisotopic (exact) mass is 408 g/mol. The molecule has 2 aliphatic rings. The van der Waals surface area contributed by atoms with Crippen molar-refractivity contribution < 1.29 is 23.1 Å². The van der Waals surface area contributed by atoms with E-state index in [1.165, 1.54) is 6.07 Å². The molecule has 29 heavy (non-hydrogen) atoms. The van der Waals surface area contributed by atoms with Crippen LogP contribution in [0, 0.1) is 11.6 Å². The van der Waals surface area contributed by atoms with E-state index >= 15 is 0 Å². The van der Waals surface area contributed by atoms with Crippen LogP contribution in [0.4, 0.5) is 13.6 Å². The first kappa shape index (κ1) is 21.0. The molecule has 0 bridgehead atoms. The number of nitrogens with zero attached hydrogens (tertiary/aromatic N) is 1. The molecule has 0 spiro atoms. The largest absolute Gasteiger partial charge is 0.450 e. The van der Waals surface area contributed by atoms with Crippen molar-refractivity contribution in [3.05, 3.63) is 35.4 Å². The first-order chi connectivity index (χ1) is 13.9. The van der Waals surface area contributed by atoms with E-state index in [2.05, 4.69) is 20.9 Å². The quantitative estimate of drug-likeness (QED) is 0.516. The van der Waals surface area contributed by atoms with Crippen molar-refractivity contribution in [1.29, 1.82) is 0 Å². The van der Waals surface area contributed by atoms with E-state index in [9.17, 15) is 18.4 Å². The van der Waals surface area contributed by atoms with Crippen molar-refractivity contribution in [3.8, 4) is 0 Å². The highest BCUT2D eigenvalue weighted by Gasteiger charge is 2.26. The van der Waals surface area contributed by atoms with Gasteiger partial charge in [-0.25, -0.2) is 18.6 Å². The Morgan fingerprint density at radius 3 is 2.28 bits per heavy atom. The minimum absolute atomic E-state index is 0.0246. The highest BCUT2D eigenvalue weighted by molar-refractivity contribution is 6.05. The number of alkyl carbamates (subject to hydrolysis) is 1. The second kappa shape index (κ2) is 9.67. The fourth-order valence-electron chi connectivity index (χ4n) is 3.22. The lowest BCUT2D eigenvalue weighted by molar-refractivity contribution is 0.0974. The number of halogens is 2. The third-order valence-electron chi connectivity index (χ3n) is 4.94. The number of carbonyl (C=O) groups excluding carboxylic acids is 2. The summed E-state index contributed by atoms with van der Waals surface area (Å²) in [7, 11) is 0. The fraction of sp³-hybridized carbons (Fsp3) is 0.550. The van der Waals surface area contributed by atoms with Crippen molar-refractivity contribution in [2.75, 3.05) is 6.61 Å². The Morgan fingerprint density at radius 1 is 1.03 bits per heavy atom. The number of hydrogen-bond donors (Lipinski definition) is 3. The predicted octanol–water partition coefficient (Wildman–Crippen LogP) is 2.86. The molecule has 2 saturated carbocycles. The number of ether oxygens (including phenoxy) is 1. The Hall–Kier alpha value is -2.71. The molecule has 158 valence electrons. The maximum absolute atomic E-state index is 13.4. The number of amides is 2. The minimum atomic E-state index is -1.07. The van der Waals surface area contributed by atoms with Gasteiger partial charge >= 0.3 is 6.09 Å². The molecule has 3 rings (SSSR count). The molecule has 0 aliphatic heterocycles. The number of rotatable bonds is 5. The zero-order valence-corrected chi connectivity index (χ0v) is 16.3. The molecule has 0 aromatic heterocycles. The first-order valence-corrected chi connectivity index (χ1v) is 9.98. The molecule has 2 fully saturated rings. The average Bonchev–Trinajstić information content (AvgIpc) is 3.49. The van der Waals surface area contributed by atoms with Crippen LogP contribution < -0.4 is 16.0 Å². The molecule has 9 heteroatoms. The Kier molecular flexibility index (Phi) is 7.00. The number of aliphatic imine (C=N–C) groups is 1. The van der Waals surface area contributed by atoms with E-state index in [1.54, 1.807) is 6.92 Å². The highest BCUT2D eigenvalue weighted by atomic mass is 19.2. The molecular formula is C20H26F2N4O3. The maximum atomic E-state index is 13.4. The van der Waals surface area contributed by atoms with Crippen LogP contribution in [0.1, 0.15) is 55.8 Å². The molecule has 0 unspecified atom stereocenters. The van der Waals surface area contributed by atoms with Gasteiger partial charge in [0.1, 0.15) is 0 Å². The topological polar surface area (TPSA) is 91.8 Å². The van der Waals surface area contributed by atoms with Crippen molar-refractivity contribution in [3.63, 3.8) is 0 Å². The van der Waals surface area contributed by atoms with E-state index < -0.39 is 23.6 Å². The molecule has 1 aromatic rings. The van der Waals surface area contributed by atoms with Crippen LogP contribution in [0.3, 0.4) is 0 Å². The van der Waals surface area contributed by atoms with E-state index in [4.69, 9.17) is 4.74 Å². The number of guanidine groups is 1. The van der Waals surface area contributed by atoms with Gasteiger partial charge in [-0.3, -0.25) is 10.1 Å². The summed E-state index contributed by atoms with van der Waals surface area (Å²) in [5.74, 6) is -2.27. The third-order valence-corrected chi connectivity index (χ3v) is 4.94. The lowest BCUT2D eigenvalue weighted by atomic mass is 9.91. The van der Waals surface area contributed by atoms with Gasteiger partial charge in [-0.2, -0.15) is 0 Å². The van der Waals surface area contributed by atoms with Gasteiger partial charge in [0.05, 0.1) is 12.6 Å². The normalized spacial score (nSPS) is 22.0. The third kappa shape index (κ3) is 6.40. The van der Waals surface area contributed by atoms with Gasteiger partial charge in [0.25, 0.3) is 5.91 Å². The molecule has 7 nitrogen and oxygen atoms in total. The van der Waals surface area contributed by atoms with Crippen LogP contribution in [-0.2, 0) is 4.74 Å². The van der Waals surface area contributed by atoms with Crippen LogP contribution in [0.15, 0.2) is 23.2 Å². The number of nitrogens with one attached hydrogen (secondary N) is 3. The van der Waals surface area contributed by atoms with Crippen molar-refractivity contribution in [2.45, 2.75) is 63.6 Å². The number of benzene rings is 1. The van der Waals surface area contributed by atoms with Crippen LogP contribution in [0.5, 0.6) is 0 Å². The maximum Gasteiger partial charge on any atom is 0.407 e. The van der Waals surface area contributed by atoms with E-state index in [0.717, 1.165) is 50.7 Å². The van der Waals surface area contributed by atoms with E-state index in [-0.39, 0.29) is 23.7 Å². The number of carbonyl (C=O) groups is 2. The molecule has 0 saturated heterocycles. The average molecular weight is 408 g/mol. The van der Waals surface area contributed by atoms with Crippen molar-refractivity contribution in [2.24, 2.45) is 4.99 Å². The molecule has 0 atom stereocenters. The van der Waals surface area contributed by atoms with Gasteiger partial charge in [-0.15, -0.1) is 0 Å². The summed E-state index contributed by atoms with van der Waals surface area (Å²) in [6.45, 7) is 2.09. The summed E-state index contributed by atoms with van der Waals surface area (Å²) in [5.41, 5.74) is 0.0246. The fourth-order valence-corrected chi connectivity index (χ4v) is 3.22. The van der Waals surface area contributed by atoms with Gasteiger partial charge in [-0.1, -0.05) is 0 Å². The standard InChI is InChI=1S/C20H26F2N4O3/c1-2-29-20(28)25-15-8-6-14(7-9-15)24-19(23-13-4-5-13)26-18(27)12-3-10-16(21)17(22)11-12/h3,10-11,13-15H,2,4-9H2,1H3,(H,25,28)(H2,23,24,26,27). The van der Waals surface area contributed by atoms with Crippen LogP contribution in [0.2, 0.25) is 0 Å². The second-order valence-electron chi connectivity index (χ2n) is 7.35. The molecule has 3 N–H and O–H groups in total. The van der Waals surface area contributed by atoms with Crippen LogP contribution in [0.25, 0.3) is 0 Å². The molecule has 1 aromatic carbocycles. The Balaban J connectivity index is 1.54. The summed E-state index contributed by atoms with van der Waals surface area (Å²) in [6, 6.07) is 3.35. The Morgan fingerprint density at radius 2 is 1.69 bits per heavy atom. The summed E-state index contributed by atoms with van der Waals surface area (Å²) in [6.07, 6.45) is 4.67. The second-order valence-corrected chi connectivity index (χ2v) is 7.35. The smallest absolute Gasteiger partial charge is 0.407 e. The van der Waals surface area contributed by atoms with Gasteiger partial charge < -0.3 is 15.4 Å². The lowest BCUT2D eigenvalue weighted by Gasteiger charge is -2.30. The van der Waals surface area contributed by atoms with Crippen LogP contribution in [-0.4, -0.2) is 42.7 Å². The van der Waals surface area contributed by atoms with Gasteiger partial charge in [0.2, 0.25) is 0 Å². The van der Waals surface area contributed by atoms with Crippen LogP contribution >= 0.6 is 0 Å². The van der Waals surface area contributed by atoms with Gasteiger partial charge in [-0.05, 0) is 63.6 Å². The Labute approximate surface area is 168 Å². The van der Waals surface area contributed by atoms with E-state index in [0.29, 0.717) is 12.6 Å². The number of hydrogen-bond acceptors (Lipinski definition) is 4. The van der Waals surface area contributed by atoms with Gasteiger partial charge in [0, 0.05) is 17.6 Å². The predicted molar refractivity (Wildman–Crippen MR) is 104 cm³/mol. The zero-order chi connectivity index (χ0) is 20.8. The molecular weight excluding hydrogens is 382 g/mol. The zero-order valence-electron chi connectivity index (χ0n) is 16.3. The minimum Gasteiger partial charge on any atom is -0.450 e. The summed E-state index contributed by atoms with van der Waals surface area (Å²) in [4.78, 5) is 28.4. The summed E-state index contributed by atoms with van der Waals surface area (Å²) in [5, 5.41) is 8.78. The molecule has 0 radical (unpaired) electrons. The SMILES string of the molecule is CCOC(=O)NC1CCC(NC(=NC2CC2)NC(=O)c2ccc(F)c(F)c2)CC1.